The van der Waals surface area contributed by atoms with Gasteiger partial charge in [0.15, 0.2) is 6.20 Å². The molecule has 2 rings (SSSR count). The molecule has 2 heterocycles. The van der Waals surface area contributed by atoms with Crippen molar-refractivity contribution < 1.29 is 28.5 Å². The van der Waals surface area contributed by atoms with E-state index in [1.54, 1.807) is 0 Å². The van der Waals surface area contributed by atoms with Crippen LogP contribution >= 0.6 is 0 Å². The summed E-state index contributed by atoms with van der Waals surface area (Å²) in [5, 5.41) is 0. The van der Waals surface area contributed by atoms with Crippen LogP contribution in [0.3, 0.4) is 0 Å². The summed E-state index contributed by atoms with van der Waals surface area (Å²) in [6.45, 7) is 4.18. The molecule has 2 nitrogen and oxygen atoms in total. The van der Waals surface area contributed by atoms with Gasteiger partial charge in [-0.1, -0.05) is 0 Å². The molecule has 0 fully saturated rings. The van der Waals surface area contributed by atoms with Crippen LogP contribution in [0.25, 0.3) is 11.4 Å². The fraction of sp³-hybridized carbons (Fsp3) is 0.231. The third-order valence-electron chi connectivity index (χ3n) is 2.48. The van der Waals surface area contributed by atoms with E-state index in [9.17, 15) is 0 Å². The van der Waals surface area contributed by atoms with Gasteiger partial charge in [-0.2, -0.15) is 4.57 Å². The van der Waals surface area contributed by atoms with Gasteiger partial charge in [0.05, 0.1) is 0 Å². The highest BCUT2D eigenvalue weighted by Gasteiger charge is 2.10. The number of halogens is 1. The van der Waals surface area contributed by atoms with Crippen molar-refractivity contribution in [1.82, 2.24) is 4.98 Å². The molecule has 0 saturated heterocycles. The zero-order valence-corrected chi connectivity index (χ0v) is 11.9. The van der Waals surface area contributed by atoms with Gasteiger partial charge in [-0.15, -0.1) is 0 Å². The van der Waals surface area contributed by atoms with Gasteiger partial charge in [0, 0.05) is 18.3 Å². The monoisotopic (exact) mass is 326 g/mol. The fourth-order valence-corrected chi connectivity index (χ4v) is 1.61. The first-order valence-corrected chi connectivity index (χ1v) is 5.06. The molecule has 0 radical (unpaired) electrons. The zero-order valence-electron chi connectivity index (χ0n) is 9.74. The maximum atomic E-state index is 4.39. The summed E-state index contributed by atoms with van der Waals surface area (Å²) < 4.78 is 2.09. The van der Waals surface area contributed by atoms with Crippen LogP contribution in [0.4, 0.5) is 0 Å². The summed E-state index contributed by atoms with van der Waals surface area (Å²) in [5.74, 6) is 0. The average molecular weight is 326 g/mol. The Bertz CT molecular complexity index is 495. The quantitative estimate of drug-likeness (QED) is 0.495. The van der Waals surface area contributed by atoms with Crippen molar-refractivity contribution >= 4 is 0 Å². The van der Waals surface area contributed by atoms with Crippen LogP contribution in [0.5, 0.6) is 0 Å². The number of hydrogen-bond acceptors (Lipinski definition) is 1. The molecular formula is C13H15IN2. The van der Waals surface area contributed by atoms with Gasteiger partial charge >= 0.3 is 0 Å². The number of nitrogens with zero attached hydrogens (tertiary/aromatic N) is 2. The van der Waals surface area contributed by atoms with Gasteiger partial charge in [0.1, 0.15) is 12.7 Å². The Morgan fingerprint density at radius 3 is 2.44 bits per heavy atom. The van der Waals surface area contributed by atoms with Gasteiger partial charge in [-0.25, -0.2) is 4.98 Å². The third kappa shape index (κ3) is 2.78. The van der Waals surface area contributed by atoms with Gasteiger partial charge in [-0.05, 0) is 37.1 Å². The predicted molar refractivity (Wildman–Crippen MR) is 60.3 cm³/mol. The van der Waals surface area contributed by atoms with Gasteiger partial charge < -0.3 is 24.0 Å². The van der Waals surface area contributed by atoms with Crippen molar-refractivity contribution in [3.63, 3.8) is 0 Å². The van der Waals surface area contributed by atoms with Crippen molar-refractivity contribution in [2.24, 2.45) is 7.05 Å². The molecule has 2 aromatic rings. The maximum Gasteiger partial charge on any atom is 0.231 e. The number of aromatic nitrogens is 2. The Morgan fingerprint density at radius 2 is 1.75 bits per heavy atom. The van der Waals surface area contributed by atoms with Crippen molar-refractivity contribution in [2.75, 3.05) is 0 Å². The zero-order chi connectivity index (χ0) is 10.8. The topological polar surface area (TPSA) is 16.8 Å². The molecule has 0 aromatic carbocycles. The second-order valence-electron chi connectivity index (χ2n) is 3.92. The molecule has 0 spiro atoms. The van der Waals surface area contributed by atoms with Gasteiger partial charge in [0.2, 0.25) is 5.69 Å². The third-order valence-corrected chi connectivity index (χ3v) is 2.48. The van der Waals surface area contributed by atoms with Crippen LogP contribution in [0.15, 0.2) is 36.7 Å². The maximum absolute atomic E-state index is 4.39. The van der Waals surface area contributed by atoms with E-state index in [1.807, 2.05) is 19.3 Å². The van der Waals surface area contributed by atoms with Crippen LogP contribution in [-0.2, 0) is 7.05 Å². The lowest BCUT2D eigenvalue weighted by atomic mass is 10.1. The average Bonchev–Trinajstić information content (AvgIpc) is 2.22. The van der Waals surface area contributed by atoms with Crippen LogP contribution < -0.4 is 28.5 Å². The molecule has 0 amide bonds. The van der Waals surface area contributed by atoms with Crippen LogP contribution in [0, 0.1) is 13.8 Å². The lowest BCUT2D eigenvalue weighted by Crippen LogP contribution is -3.00. The lowest BCUT2D eigenvalue weighted by Gasteiger charge is -2.01. The van der Waals surface area contributed by atoms with Crippen molar-refractivity contribution in [3.05, 3.63) is 47.8 Å². The van der Waals surface area contributed by atoms with Crippen LogP contribution in [-0.4, -0.2) is 4.98 Å². The van der Waals surface area contributed by atoms with E-state index in [1.165, 1.54) is 11.1 Å². The van der Waals surface area contributed by atoms with E-state index < -0.39 is 0 Å². The smallest absolute Gasteiger partial charge is 0.231 e. The van der Waals surface area contributed by atoms with Gasteiger partial charge in [-0.3, -0.25) is 0 Å². The highest BCUT2D eigenvalue weighted by atomic mass is 127. The number of hydrogen-bond donors (Lipinski definition) is 0. The van der Waals surface area contributed by atoms with E-state index in [0.717, 1.165) is 11.4 Å². The molecule has 0 unspecified atom stereocenters. The summed E-state index contributed by atoms with van der Waals surface area (Å²) in [6, 6.07) is 8.37. The summed E-state index contributed by atoms with van der Waals surface area (Å²) in [4.78, 5) is 4.39. The summed E-state index contributed by atoms with van der Waals surface area (Å²) >= 11 is 0. The Labute approximate surface area is 113 Å². The van der Waals surface area contributed by atoms with Crippen molar-refractivity contribution in [2.45, 2.75) is 13.8 Å². The highest BCUT2D eigenvalue weighted by molar-refractivity contribution is 5.52. The molecule has 0 aliphatic heterocycles. The Hall–Kier alpha value is -0.970. The number of pyridine rings is 2. The molecular weight excluding hydrogens is 311 g/mol. The SMILES string of the molecule is Cc1ccnc(-c2cc(C)cc[n+]2C)c1.[I-]. The largest absolute Gasteiger partial charge is 1.00 e. The summed E-state index contributed by atoms with van der Waals surface area (Å²) in [6.07, 6.45) is 3.92. The van der Waals surface area contributed by atoms with E-state index in [4.69, 9.17) is 0 Å². The first kappa shape index (κ1) is 13.1. The minimum absolute atomic E-state index is 0. The summed E-state index contributed by atoms with van der Waals surface area (Å²) in [7, 11) is 2.04. The lowest BCUT2D eigenvalue weighted by molar-refractivity contribution is -0.660. The van der Waals surface area contributed by atoms with E-state index in [-0.39, 0.29) is 24.0 Å². The first-order valence-electron chi connectivity index (χ1n) is 5.06. The molecule has 16 heavy (non-hydrogen) atoms. The molecule has 0 aliphatic rings. The first-order chi connectivity index (χ1) is 7.16. The second-order valence-corrected chi connectivity index (χ2v) is 3.92. The molecule has 0 aliphatic carbocycles. The molecule has 0 saturated carbocycles. The molecule has 0 atom stereocenters. The van der Waals surface area contributed by atoms with Crippen molar-refractivity contribution in [3.8, 4) is 11.4 Å². The van der Waals surface area contributed by atoms with E-state index >= 15 is 0 Å². The number of rotatable bonds is 1. The Balaban J connectivity index is 0.00000128. The predicted octanol–water partition coefficient (Wildman–Crippen LogP) is -0.806. The molecule has 0 N–H and O–H groups in total. The fourth-order valence-electron chi connectivity index (χ4n) is 1.61. The molecule has 2 aromatic heterocycles. The Kier molecular flexibility index (Phi) is 4.41. The highest BCUT2D eigenvalue weighted by Crippen LogP contribution is 2.14. The molecule has 3 heteroatoms. The number of aryl methyl sites for hydroxylation is 3. The minimum Gasteiger partial charge on any atom is -1.00 e. The summed E-state index contributed by atoms with van der Waals surface area (Å²) in [5.41, 5.74) is 4.67. The van der Waals surface area contributed by atoms with Crippen LogP contribution in [0.1, 0.15) is 11.1 Å². The van der Waals surface area contributed by atoms with E-state index in [0.29, 0.717) is 0 Å². The normalized spacial score (nSPS) is 9.69. The molecule has 84 valence electrons. The minimum atomic E-state index is 0. The Morgan fingerprint density at radius 1 is 1.06 bits per heavy atom. The van der Waals surface area contributed by atoms with Crippen LogP contribution in [0.2, 0.25) is 0 Å². The second kappa shape index (κ2) is 5.39. The molecule has 0 bridgehead atoms. The van der Waals surface area contributed by atoms with Gasteiger partial charge in [0.25, 0.3) is 0 Å². The van der Waals surface area contributed by atoms with E-state index in [2.05, 4.69) is 47.8 Å². The van der Waals surface area contributed by atoms with Crippen molar-refractivity contribution in [1.29, 1.82) is 0 Å². The standard InChI is InChI=1S/C13H15N2.HI/c1-10-4-6-14-12(8-10)13-9-11(2)5-7-15(13)3;/h4-9H,1-3H3;1H/q+1;/p-1.